The number of rotatable bonds is 3. The topological polar surface area (TPSA) is 68.5 Å². The van der Waals surface area contributed by atoms with Gasteiger partial charge in [-0.3, -0.25) is 0 Å². The van der Waals surface area contributed by atoms with Crippen molar-refractivity contribution < 1.29 is 0 Å². The maximum atomic E-state index is 4.25. The van der Waals surface area contributed by atoms with Gasteiger partial charge < -0.3 is 5.32 Å². The van der Waals surface area contributed by atoms with E-state index in [2.05, 4.69) is 41.5 Å². The zero-order valence-electron chi connectivity index (χ0n) is 11.1. The molecule has 0 radical (unpaired) electrons. The van der Waals surface area contributed by atoms with E-state index >= 15 is 0 Å². The average Bonchev–Trinajstić information content (AvgIpc) is 2.87. The largest absolute Gasteiger partial charge is 0.338 e. The molecule has 0 aliphatic carbocycles. The van der Waals surface area contributed by atoms with Gasteiger partial charge in [-0.2, -0.15) is 0 Å². The van der Waals surface area contributed by atoms with Gasteiger partial charge >= 0.3 is 0 Å². The van der Waals surface area contributed by atoms with E-state index < -0.39 is 0 Å². The Balaban J connectivity index is 2.02. The van der Waals surface area contributed by atoms with Crippen molar-refractivity contribution in [2.45, 2.75) is 20.4 Å². The fourth-order valence-corrected chi connectivity index (χ4v) is 2.20. The first-order chi connectivity index (χ1) is 9.69. The molecule has 2 heterocycles. The lowest BCUT2D eigenvalue weighted by Crippen LogP contribution is -1.99. The van der Waals surface area contributed by atoms with Crippen LogP contribution in [-0.2, 0) is 6.54 Å². The molecule has 0 fully saturated rings. The Labute approximate surface area is 124 Å². The van der Waals surface area contributed by atoms with Crippen LogP contribution in [0.4, 0.5) is 11.5 Å². The Hall–Kier alpha value is -2.02. The summed E-state index contributed by atoms with van der Waals surface area (Å²) >= 11 is 3.49. The number of hydrogen-bond acceptors (Lipinski definition) is 5. The fourth-order valence-electron chi connectivity index (χ4n) is 1.96. The summed E-state index contributed by atoms with van der Waals surface area (Å²) < 4.78 is 2.82. The van der Waals surface area contributed by atoms with Crippen LogP contribution in [0.25, 0.3) is 11.2 Å². The summed E-state index contributed by atoms with van der Waals surface area (Å²) in [5.41, 5.74) is 3.52. The van der Waals surface area contributed by atoms with Crippen molar-refractivity contribution in [1.29, 1.82) is 0 Å². The minimum absolute atomic E-state index is 0.663. The third-order valence-corrected chi connectivity index (χ3v) is 3.91. The lowest BCUT2D eigenvalue weighted by atomic mass is 10.2. The number of aromatic nitrogens is 5. The lowest BCUT2D eigenvalue weighted by Gasteiger charge is -2.07. The quantitative estimate of drug-likeness (QED) is 0.798. The van der Waals surface area contributed by atoms with Crippen LogP contribution in [-0.4, -0.2) is 25.0 Å². The molecule has 0 atom stereocenters. The zero-order valence-corrected chi connectivity index (χ0v) is 12.7. The first kappa shape index (κ1) is 13.0. The molecule has 3 aromatic rings. The van der Waals surface area contributed by atoms with Crippen LogP contribution in [0, 0.1) is 6.92 Å². The van der Waals surface area contributed by atoms with Gasteiger partial charge in [-0.05, 0) is 37.6 Å². The van der Waals surface area contributed by atoms with Crippen LogP contribution < -0.4 is 5.32 Å². The Bertz CT molecular complexity index is 767. The van der Waals surface area contributed by atoms with Crippen molar-refractivity contribution in [1.82, 2.24) is 25.0 Å². The van der Waals surface area contributed by atoms with Crippen molar-refractivity contribution in [3.63, 3.8) is 0 Å². The Morgan fingerprint density at radius 3 is 2.90 bits per heavy atom. The van der Waals surface area contributed by atoms with Gasteiger partial charge in [0.2, 0.25) is 0 Å². The fraction of sp³-hybridized carbons (Fsp3) is 0.231. The molecule has 0 amide bonds. The van der Waals surface area contributed by atoms with Gasteiger partial charge in [0, 0.05) is 16.7 Å². The van der Waals surface area contributed by atoms with Crippen molar-refractivity contribution in [2.24, 2.45) is 0 Å². The normalized spacial score (nSPS) is 10.9. The second-order valence-corrected chi connectivity index (χ2v) is 5.24. The maximum absolute atomic E-state index is 4.25. The number of fused-ring (bicyclic) bond motifs is 1. The standard InChI is InChI=1S/C13H13BrN6/c1-3-20-13-11(18-19-20)12(15-7-16-13)17-9-4-5-10(14)8(2)6-9/h4-7H,3H2,1-2H3,(H,15,16,17). The minimum atomic E-state index is 0.663. The summed E-state index contributed by atoms with van der Waals surface area (Å²) in [6, 6.07) is 6.02. The summed E-state index contributed by atoms with van der Waals surface area (Å²) in [6.07, 6.45) is 1.52. The van der Waals surface area contributed by atoms with Crippen molar-refractivity contribution in [2.75, 3.05) is 5.32 Å². The van der Waals surface area contributed by atoms with E-state index in [4.69, 9.17) is 0 Å². The van der Waals surface area contributed by atoms with Gasteiger partial charge in [0.25, 0.3) is 0 Å². The van der Waals surface area contributed by atoms with E-state index in [9.17, 15) is 0 Å². The number of benzene rings is 1. The molecule has 102 valence electrons. The third-order valence-electron chi connectivity index (χ3n) is 3.02. The highest BCUT2D eigenvalue weighted by Gasteiger charge is 2.11. The van der Waals surface area contributed by atoms with E-state index in [0.717, 1.165) is 27.9 Å². The molecule has 2 aromatic heterocycles. The van der Waals surface area contributed by atoms with Crippen LogP contribution in [0.15, 0.2) is 29.0 Å². The third kappa shape index (κ3) is 2.24. The summed E-state index contributed by atoms with van der Waals surface area (Å²) in [5, 5.41) is 11.5. The smallest absolute Gasteiger partial charge is 0.183 e. The van der Waals surface area contributed by atoms with Crippen molar-refractivity contribution in [3.05, 3.63) is 34.6 Å². The number of halogens is 1. The highest BCUT2D eigenvalue weighted by Crippen LogP contribution is 2.24. The minimum Gasteiger partial charge on any atom is -0.338 e. The molecule has 0 saturated heterocycles. The van der Waals surface area contributed by atoms with E-state index in [1.807, 2.05) is 32.0 Å². The van der Waals surface area contributed by atoms with Gasteiger partial charge in [-0.25, -0.2) is 14.6 Å². The summed E-state index contributed by atoms with van der Waals surface area (Å²) in [4.78, 5) is 8.48. The molecule has 0 saturated carbocycles. The first-order valence-electron chi connectivity index (χ1n) is 6.26. The Kier molecular flexibility index (Phi) is 3.35. The molecule has 20 heavy (non-hydrogen) atoms. The molecule has 0 unspecified atom stereocenters. The molecular formula is C13H13BrN6. The van der Waals surface area contributed by atoms with Gasteiger partial charge in [0.1, 0.15) is 6.33 Å². The molecule has 7 heteroatoms. The summed E-state index contributed by atoms with van der Waals surface area (Å²) in [7, 11) is 0. The van der Waals surface area contributed by atoms with Crippen LogP contribution in [0.5, 0.6) is 0 Å². The zero-order chi connectivity index (χ0) is 14.1. The van der Waals surface area contributed by atoms with Crippen LogP contribution in [0.3, 0.4) is 0 Å². The van der Waals surface area contributed by atoms with Gasteiger partial charge in [0.15, 0.2) is 17.0 Å². The number of anilines is 2. The van der Waals surface area contributed by atoms with Crippen LogP contribution >= 0.6 is 15.9 Å². The average molecular weight is 333 g/mol. The molecule has 0 spiro atoms. The summed E-state index contributed by atoms with van der Waals surface area (Å²) in [5.74, 6) is 0.663. The van der Waals surface area contributed by atoms with E-state index in [-0.39, 0.29) is 0 Å². The molecule has 0 aliphatic heterocycles. The van der Waals surface area contributed by atoms with Gasteiger partial charge in [-0.15, -0.1) is 5.10 Å². The van der Waals surface area contributed by atoms with E-state index in [1.54, 1.807) is 4.68 Å². The van der Waals surface area contributed by atoms with Gasteiger partial charge in [0.05, 0.1) is 0 Å². The monoisotopic (exact) mass is 332 g/mol. The molecular weight excluding hydrogens is 320 g/mol. The molecule has 1 N–H and O–H groups in total. The molecule has 0 bridgehead atoms. The second kappa shape index (κ2) is 5.16. The van der Waals surface area contributed by atoms with Crippen LogP contribution in [0.2, 0.25) is 0 Å². The predicted octanol–water partition coefficient (Wildman–Crippen LogP) is 3.06. The Morgan fingerprint density at radius 2 is 2.15 bits per heavy atom. The maximum Gasteiger partial charge on any atom is 0.183 e. The molecule has 6 nitrogen and oxygen atoms in total. The first-order valence-corrected chi connectivity index (χ1v) is 7.05. The second-order valence-electron chi connectivity index (χ2n) is 4.39. The highest BCUT2D eigenvalue weighted by atomic mass is 79.9. The molecule has 3 rings (SSSR count). The lowest BCUT2D eigenvalue weighted by molar-refractivity contribution is 0.641. The van der Waals surface area contributed by atoms with E-state index in [1.165, 1.54) is 6.33 Å². The molecule has 1 aromatic carbocycles. The highest BCUT2D eigenvalue weighted by molar-refractivity contribution is 9.10. The molecule has 0 aliphatic rings. The number of aryl methyl sites for hydroxylation is 2. The van der Waals surface area contributed by atoms with Crippen molar-refractivity contribution >= 4 is 38.6 Å². The number of nitrogens with zero attached hydrogens (tertiary/aromatic N) is 5. The van der Waals surface area contributed by atoms with Crippen LogP contribution in [0.1, 0.15) is 12.5 Å². The number of hydrogen-bond donors (Lipinski definition) is 1. The van der Waals surface area contributed by atoms with E-state index in [0.29, 0.717) is 11.3 Å². The predicted molar refractivity (Wildman–Crippen MR) is 81.0 cm³/mol. The number of nitrogens with one attached hydrogen (secondary N) is 1. The van der Waals surface area contributed by atoms with Crippen molar-refractivity contribution in [3.8, 4) is 0 Å². The SMILES string of the molecule is CCn1nnc2c(Nc3ccc(Br)c(C)c3)ncnc21. The summed E-state index contributed by atoms with van der Waals surface area (Å²) in [6.45, 7) is 4.77. The van der Waals surface area contributed by atoms with Gasteiger partial charge in [-0.1, -0.05) is 21.1 Å². The Morgan fingerprint density at radius 1 is 1.30 bits per heavy atom.